The van der Waals surface area contributed by atoms with Crippen LogP contribution in [0.15, 0.2) is 35.2 Å². The third-order valence-electron chi connectivity index (χ3n) is 1.67. The zero-order valence-corrected chi connectivity index (χ0v) is 8.53. The van der Waals surface area contributed by atoms with Gasteiger partial charge >= 0.3 is 0 Å². The Kier molecular flexibility index (Phi) is 2.76. The molecular formula is C10H8OS2. The molecule has 0 amide bonds. The van der Waals surface area contributed by atoms with Gasteiger partial charge in [0.15, 0.2) is 0 Å². The third kappa shape index (κ3) is 2.39. The van der Waals surface area contributed by atoms with E-state index in [1.807, 2.05) is 30.3 Å². The van der Waals surface area contributed by atoms with E-state index in [0.717, 1.165) is 10.7 Å². The smallest absolute Gasteiger partial charge is 0.250 e. The van der Waals surface area contributed by atoms with Crippen LogP contribution in [0.25, 0.3) is 6.08 Å². The SMILES string of the molecule is O=C1SC/C(=C\c2ccccc2)S1. The minimum absolute atomic E-state index is 0.210. The largest absolute Gasteiger partial charge is 0.274 e. The summed E-state index contributed by atoms with van der Waals surface area (Å²) in [5, 5.41) is 0. The Morgan fingerprint density at radius 1 is 1.23 bits per heavy atom. The summed E-state index contributed by atoms with van der Waals surface area (Å²) in [5.74, 6) is 0.832. The fraction of sp³-hybridized carbons (Fsp3) is 0.100. The fourth-order valence-corrected chi connectivity index (χ4v) is 3.00. The number of hydrogen-bond acceptors (Lipinski definition) is 3. The van der Waals surface area contributed by atoms with E-state index in [-0.39, 0.29) is 4.45 Å². The molecule has 66 valence electrons. The Balaban J connectivity index is 2.17. The van der Waals surface area contributed by atoms with Crippen molar-refractivity contribution in [2.45, 2.75) is 0 Å². The Hall–Kier alpha value is -0.670. The van der Waals surface area contributed by atoms with E-state index in [0.29, 0.717) is 0 Å². The highest BCUT2D eigenvalue weighted by atomic mass is 32.2. The summed E-state index contributed by atoms with van der Waals surface area (Å²) in [6, 6.07) is 10.1. The van der Waals surface area contributed by atoms with Crippen molar-refractivity contribution in [3.05, 3.63) is 40.8 Å². The highest BCUT2D eigenvalue weighted by molar-refractivity contribution is 8.43. The molecule has 3 heteroatoms. The van der Waals surface area contributed by atoms with Crippen molar-refractivity contribution in [1.82, 2.24) is 0 Å². The highest BCUT2D eigenvalue weighted by Crippen LogP contribution is 2.36. The lowest BCUT2D eigenvalue weighted by molar-refractivity contribution is 0.277. The van der Waals surface area contributed by atoms with Crippen LogP contribution in [0.1, 0.15) is 5.56 Å². The maximum absolute atomic E-state index is 10.9. The average Bonchev–Trinajstić information content (AvgIpc) is 2.53. The molecule has 1 fully saturated rings. The van der Waals surface area contributed by atoms with E-state index in [4.69, 9.17) is 0 Å². The van der Waals surface area contributed by atoms with Crippen molar-refractivity contribution in [1.29, 1.82) is 0 Å². The van der Waals surface area contributed by atoms with E-state index >= 15 is 0 Å². The van der Waals surface area contributed by atoms with Gasteiger partial charge in [0.1, 0.15) is 0 Å². The predicted molar refractivity (Wildman–Crippen MR) is 59.9 cm³/mol. The molecule has 1 saturated heterocycles. The van der Waals surface area contributed by atoms with Crippen LogP contribution in [0.3, 0.4) is 0 Å². The van der Waals surface area contributed by atoms with Gasteiger partial charge in [-0.15, -0.1) is 0 Å². The van der Waals surface area contributed by atoms with Crippen molar-refractivity contribution in [3.8, 4) is 0 Å². The number of thioether (sulfide) groups is 2. The van der Waals surface area contributed by atoms with Gasteiger partial charge in [0.25, 0.3) is 4.45 Å². The molecule has 13 heavy (non-hydrogen) atoms. The van der Waals surface area contributed by atoms with Crippen LogP contribution >= 0.6 is 23.5 Å². The standard InChI is InChI=1S/C10H8OS2/c11-10-12-7-9(13-10)6-8-4-2-1-3-5-8/h1-6H,7H2/b9-6+. The second-order valence-corrected chi connectivity index (χ2v) is 4.97. The molecule has 0 radical (unpaired) electrons. The van der Waals surface area contributed by atoms with E-state index < -0.39 is 0 Å². The van der Waals surface area contributed by atoms with Gasteiger partial charge < -0.3 is 0 Å². The highest BCUT2D eigenvalue weighted by Gasteiger charge is 2.16. The molecule has 0 atom stereocenters. The van der Waals surface area contributed by atoms with Crippen molar-refractivity contribution < 1.29 is 4.79 Å². The van der Waals surface area contributed by atoms with Gasteiger partial charge in [0, 0.05) is 10.7 Å². The molecule has 0 N–H and O–H groups in total. The summed E-state index contributed by atoms with van der Waals surface area (Å²) in [5.41, 5.74) is 1.17. The molecule has 0 aromatic heterocycles. The van der Waals surface area contributed by atoms with Crippen LogP contribution in [-0.4, -0.2) is 10.2 Å². The van der Waals surface area contributed by atoms with E-state index in [9.17, 15) is 4.79 Å². The minimum Gasteiger partial charge on any atom is -0.274 e. The molecule has 0 unspecified atom stereocenters. The molecular weight excluding hydrogens is 200 g/mol. The van der Waals surface area contributed by atoms with Gasteiger partial charge in [0.05, 0.1) is 0 Å². The zero-order chi connectivity index (χ0) is 9.10. The van der Waals surface area contributed by atoms with Crippen LogP contribution in [0.5, 0.6) is 0 Å². The Bertz CT molecular complexity index is 343. The van der Waals surface area contributed by atoms with Crippen LogP contribution in [-0.2, 0) is 0 Å². The number of rotatable bonds is 1. The van der Waals surface area contributed by atoms with Crippen LogP contribution in [0.4, 0.5) is 4.79 Å². The van der Waals surface area contributed by atoms with Gasteiger partial charge in [-0.3, -0.25) is 4.79 Å². The van der Waals surface area contributed by atoms with Gasteiger partial charge in [0.2, 0.25) is 0 Å². The predicted octanol–water partition coefficient (Wildman–Crippen LogP) is 3.63. The molecule has 1 aromatic rings. The quantitative estimate of drug-likeness (QED) is 0.701. The summed E-state index contributed by atoms with van der Waals surface area (Å²) in [7, 11) is 0. The Labute approximate surface area is 85.6 Å². The lowest BCUT2D eigenvalue weighted by Crippen LogP contribution is -1.74. The minimum atomic E-state index is 0.210. The molecule has 2 rings (SSSR count). The van der Waals surface area contributed by atoms with Gasteiger partial charge in [-0.05, 0) is 23.4 Å². The van der Waals surface area contributed by atoms with Crippen LogP contribution in [0, 0.1) is 0 Å². The topological polar surface area (TPSA) is 17.1 Å². The molecule has 1 heterocycles. The van der Waals surface area contributed by atoms with E-state index in [2.05, 4.69) is 6.08 Å². The van der Waals surface area contributed by atoms with Gasteiger partial charge in [-0.2, -0.15) is 0 Å². The van der Waals surface area contributed by atoms with Gasteiger partial charge in [-0.25, -0.2) is 0 Å². The molecule has 0 aliphatic carbocycles. The lowest BCUT2D eigenvalue weighted by atomic mass is 10.2. The van der Waals surface area contributed by atoms with Crippen molar-refractivity contribution in [3.63, 3.8) is 0 Å². The average molecular weight is 208 g/mol. The van der Waals surface area contributed by atoms with E-state index in [1.165, 1.54) is 29.1 Å². The van der Waals surface area contributed by atoms with Crippen molar-refractivity contribution in [2.24, 2.45) is 0 Å². The Morgan fingerprint density at radius 3 is 2.62 bits per heavy atom. The summed E-state index contributed by atoms with van der Waals surface area (Å²) in [4.78, 5) is 12.1. The summed E-state index contributed by atoms with van der Waals surface area (Å²) in [6.07, 6.45) is 2.07. The monoisotopic (exact) mass is 208 g/mol. The third-order valence-corrected chi connectivity index (χ3v) is 3.84. The summed E-state index contributed by atoms with van der Waals surface area (Å²) < 4.78 is 0.210. The molecule has 0 spiro atoms. The molecule has 0 bridgehead atoms. The summed E-state index contributed by atoms with van der Waals surface area (Å²) >= 11 is 2.73. The second kappa shape index (κ2) is 4.03. The lowest BCUT2D eigenvalue weighted by Gasteiger charge is -1.93. The first-order valence-corrected chi connectivity index (χ1v) is 5.75. The number of carbonyl (C=O) groups is 1. The number of carbonyl (C=O) groups excluding carboxylic acids is 1. The first-order valence-electron chi connectivity index (χ1n) is 3.95. The van der Waals surface area contributed by atoms with Gasteiger partial charge in [-0.1, -0.05) is 42.1 Å². The molecule has 1 aromatic carbocycles. The Morgan fingerprint density at radius 2 is 2.00 bits per heavy atom. The maximum Gasteiger partial charge on any atom is 0.250 e. The molecule has 1 nitrogen and oxygen atoms in total. The van der Waals surface area contributed by atoms with Crippen molar-refractivity contribution >= 4 is 34.0 Å². The zero-order valence-electron chi connectivity index (χ0n) is 6.90. The first kappa shape index (κ1) is 8.91. The van der Waals surface area contributed by atoms with E-state index in [1.54, 1.807) is 0 Å². The molecule has 1 aliphatic rings. The maximum atomic E-state index is 10.9. The number of hydrogen-bond donors (Lipinski definition) is 0. The summed E-state index contributed by atoms with van der Waals surface area (Å²) in [6.45, 7) is 0. The molecule has 0 saturated carbocycles. The van der Waals surface area contributed by atoms with Crippen molar-refractivity contribution in [2.75, 3.05) is 5.75 Å². The first-order chi connectivity index (χ1) is 6.34. The normalized spacial score (nSPS) is 19.7. The molecule has 1 aliphatic heterocycles. The fourth-order valence-electron chi connectivity index (χ4n) is 1.10. The second-order valence-electron chi connectivity index (χ2n) is 2.66. The van der Waals surface area contributed by atoms with Crippen LogP contribution < -0.4 is 0 Å². The number of benzene rings is 1. The van der Waals surface area contributed by atoms with Crippen LogP contribution in [0.2, 0.25) is 0 Å².